The lowest BCUT2D eigenvalue weighted by atomic mass is 9.74. The summed E-state index contributed by atoms with van der Waals surface area (Å²) in [5.41, 5.74) is 0.0647. The van der Waals surface area contributed by atoms with Crippen LogP contribution in [-0.2, 0) is 5.60 Å². The van der Waals surface area contributed by atoms with Gasteiger partial charge >= 0.3 is 7.12 Å². The molecule has 4 nitrogen and oxygen atoms in total. The van der Waals surface area contributed by atoms with Gasteiger partial charge in [0.1, 0.15) is 5.60 Å². The number of aromatic nitrogens is 1. The summed E-state index contributed by atoms with van der Waals surface area (Å²) >= 11 is 0. The lowest BCUT2D eigenvalue weighted by molar-refractivity contribution is -0.0425. The van der Waals surface area contributed by atoms with Crippen molar-refractivity contribution in [3.63, 3.8) is 0 Å². The van der Waals surface area contributed by atoms with Crippen LogP contribution < -0.4 is 5.46 Å². The molecule has 2 rings (SSSR count). The first-order chi connectivity index (χ1) is 6.62. The number of pyridine rings is 1. The van der Waals surface area contributed by atoms with Gasteiger partial charge in [-0.1, -0.05) is 0 Å². The number of hydrogen-bond acceptors (Lipinski definition) is 4. The van der Waals surface area contributed by atoms with Crippen LogP contribution in [0.1, 0.15) is 25.0 Å². The zero-order valence-electron chi connectivity index (χ0n) is 7.72. The molecule has 0 aliphatic heterocycles. The third kappa shape index (κ3) is 1.54. The van der Waals surface area contributed by atoms with Crippen LogP contribution in [0.4, 0.5) is 0 Å². The minimum absolute atomic E-state index is 0.371. The Labute approximate surface area is 82.4 Å². The number of nitrogens with zero attached hydrogens (tertiary/aromatic N) is 1. The Hall–Kier alpha value is -0.905. The van der Waals surface area contributed by atoms with E-state index >= 15 is 0 Å². The van der Waals surface area contributed by atoms with Crippen molar-refractivity contribution >= 4 is 12.6 Å². The van der Waals surface area contributed by atoms with Gasteiger partial charge in [-0.15, -0.1) is 0 Å². The molecule has 1 heterocycles. The highest BCUT2D eigenvalue weighted by Gasteiger charge is 2.37. The molecule has 74 valence electrons. The highest BCUT2D eigenvalue weighted by molar-refractivity contribution is 6.58. The van der Waals surface area contributed by atoms with Gasteiger partial charge < -0.3 is 15.2 Å². The van der Waals surface area contributed by atoms with Crippen molar-refractivity contribution in [2.24, 2.45) is 0 Å². The van der Waals surface area contributed by atoms with Crippen molar-refractivity contribution in [3.05, 3.63) is 24.0 Å². The van der Waals surface area contributed by atoms with E-state index in [0.29, 0.717) is 24.0 Å². The molecule has 14 heavy (non-hydrogen) atoms. The summed E-state index contributed by atoms with van der Waals surface area (Å²) in [4.78, 5) is 4.04. The van der Waals surface area contributed by atoms with Gasteiger partial charge in [-0.05, 0) is 36.9 Å². The van der Waals surface area contributed by atoms with E-state index in [4.69, 9.17) is 10.0 Å². The van der Waals surface area contributed by atoms with E-state index in [1.165, 1.54) is 12.3 Å². The molecule has 5 heteroatoms. The number of aliphatic hydroxyl groups is 1. The highest BCUT2D eigenvalue weighted by atomic mass is 16.4. The Morgan fingerprint density at radius 2 is 2.07 bits per heavy atom. The van der Waals surface area contributed by atoms with E-state index < -0.39 is 12.7 Å². The largest absolute Gasteiger partial charge is 0.488 e. The maximum absolute atomic E-state index is 9.96. The molecule has 1 aromatic heterocycles. The zero-order chi connectivity index (χ0) is 10.2. The topological polar surface area (TPSA) is 73.6 Å². The van der Waals surface area contributed by atoms with E-state index in [1.807, 2.05) is 0 Å². The van der Waals surface area contributed by atoms with Gasteiger partial charge in [0.2, 0.25) is 0 Å². The number of rotatable bonds is 2. The Kier molecular flexibility index (Phi) is 2.30. The summed E-state index contributed by atoms with van der Waals surface area (Å²) in [6, 6.07) is 3.07. The summed E-state index contributed by atoms with van der Waals surface area (Å²) in [6.45, 7) is 0. The van der Waals surface area contributed by atoms with Crippen molar-refractivity contribution in [1.29, 1.82) is 0 Å². The summed E-state index contributed by atoms with van der Waals surface area (Å²) < 4.78 is 0. The normalized spacial score (nSPS) is 18.8. The third-order valence-corrected chi connectivity index (χ3v) is 2.74. The summed E-state index contributed by atoms with van der Waals surface area (Å²) in [5, 5.41) is 27.9. The molecule has 0 radical (unpaired) electrons. The fourth-order valence-electron chi connectivity index (χ4n) is 1.63. The third-order valence-electron chi connectivity index (χ3n) is 2.74. The second-order valence-electron chi connectivity index (χ2n) is 3.73. The molecule has 1 saturated carbocycles. The summed E-state index contributed by atoms with van der Waals surface area (Å²) in [5.74, 6) is 0. The Morgan fingerprint density at radius 3 is 2.57 bits per heavy atom. The molecule has 0 saturated heterocycles. The highest BCUT2D eigenvalue weighted by Crippen LogP contribution is 2.39. The zero-order valence-corrected chi connectivity index (χ0v) is 7.72. The predicted molar refractivity (Wildman–Crippen MR) is 51.8 cm³/mol. The monoisotopic (exact) mass is 193 g/mol. The van der Waals surface area contributed by atoms with E-state index in [-0.39, 0.29) is 0 Å². The van der Waals surface area contributed by atoms with Gasteiger partial charge in [0.15, 0.2) is 0 Å². The molecule has 0 aromatic carbocycles. The van der Waals surface area contributed by atoms with E-state index in [9.17, 15) is 5.11 Å². The molecule has 0 atom stereocenters. The van der Waals surface area contributed by atoms with Crippen molar-refractivity contribution in [2.75, 3.05) is 0 Å². The van der Waals surface area contributed by atoms with Crippen molar-refractivity contribution in [2.45, 2.75) is 24.9 Å². The van der Waals surface area contributed by atoms with Gasteiger partial charge in [-0.2, -0.15) is 0 Å². The molecule has 1 aliphatic rings. The average Bonchev–Trinajstić information content (AvgIpc) is 2.14. The van der Waals surface area contributed by atoms with Crippen molar-refractivity contribution in [1.82, 2.24) is 4.98 Å². The van der Waals surface area contributed by atoms with Crippen LogP contribution in [0.15, 0.2) is 18.3 Å². The SMILES string of the molecule is OB(O)c1ccnc(C2(O)CCC2)c1. The first kappa shape index (κ1) is 9.64. The Morgan fingerprint density at radius 1 is 1.36 bits per heavy atom. The van der Waals surface area contributed by atoms with Crippen molar-refractivity contribution in [3.8, 4) is 0 Å². The maximum atomic E-state index is 9.96. The van der Waals surface area contributed by atoms with Gasteiger partial charge in [-0.25, -0.2) is 0 Å². The average molecular weight is 193 g/mol. The number of hydrogen-bond donors (Lipinski definition) is 3. The van der Waals surface area contributed by atoms with Crippen LogP contribution >= 0.6 is 0 Å². The Balaban J connectivity index is 2.30. The molecule has 1 fully saturated rings. The van der Waals surface area contributed by atoms with Gasteiger partial charge in [0.05, 0.1) is 5.69 Å². The molecule has 0 amide bonds. The van der Waals surface area contributed by atoms with Crippen LogP contribution in [0, 0.1) is 0 Å². The summed E-state index contributed by atoms with van der Waals surface area (Å²) in [7, 11) is -1.50. The van der Waals surface area contributed by atoms with E-state index in [1.54, 1.807) is 6.07 Å². The molecule has 1 aliphatic carbocycles. The standard InChI is InChI=1S/C9H12BNO3/c12-9(3-1-4-9)8-6-7(10(13)14)2-5-11-8/h2,5-6,12-14H,1,3-4H2. The Bertz CT molecular complexity index is 339. The minimum atomic E-state index is -1.50. The minimum Gasteiger partial charge on any atom is -0.423 e. The maximum Gasteiger partial charge on any atom is 0.488 e. The lowest BCUT2D eigenvalue weighted by Gasteiger charge is -2.36. The fraction of sp³-hybridized carbons (Fsp3) is 0.444. The van der Waals surface area contributed by atoms with E-state index in [2.05, 4.69) is 4.98 Å². The molecule has 1 aromatic rings. The van der Waals surface area contributed by atoms with Crippen molar-refractivity contribution < 1.29 is 15.2 Å². The predicted octanol–water partition coefficient (Wildman–Crippen LogP) is -0.867. The van der Waals surface area contributed by atoms with Crippen LogP contribution in [-0.4, -0.2) is 27.3 Å². The molecule has 0 spiro atoms. The first-order valence-electron chi connectivity index (χ1n) is 4.67. The first-order valence-corrected chi connectivity index (χ1v) is 4.67. The summed E-state index contributed by atoms with van der Waals surface area (Å²) in [6.07, 6.45) is 3.88. The lowest BCUT2D eigenvalue weighted by Crippen LogP contribution is -2.37. The molecular weight excluding hydrogens is 181 g/mol. The smallest absolute Gasteiger partial charge is 0.423 e. The van der Waals surface area contributed by atoms with Crippen LogP contribution in [0.25, 0.3) is 0 Å². The molecular formula is C9H12BNO3. The van der Waals surface area contributed by atoms with Crippen LogP contribution in [0.2, 0.25) is 0 Å². The quantitative estimate of drug-likeness (QED) is 0.534. The second kappa shape index (κ2) is 3.35. The van der Waals surface area contributed by atoms with Gasteiger partial charge in [0, 0.05) is 6.20 Å². The van der Waals surface area contributed by atoms with Crippen LogP contribution in [0.5, 0.6) is 0 Å². The molecule has 0 unspecified atom stereocenters. The van der Waals surface area contributed by atoms with Crippen LogP contribution in [0.3, 0.4) is 0 Å². The van der Waals surface area contributed by atoms with Gasteiger partial charge in [-0.3, -0.25) is 4.98 Å². The molecule has 0 bridgehead atoms. The molecule has 3 N–H and O–H groups in total. The fourth-order valence-corrected chi connectivity index (χ4v) is 1.63. The van der Waals surface area contributed by atoms with Gasteiger partial charge in [0.25, 0.3) is 0 Å². The second-order valence-corrected chi connectivity index (χ2v) is 3.73. The van der Waals surface area contributed by atoms with E-state index in [0.717, 1.165) is 6.42 Å².